The van der Waals surface area contributed by atoms with Crippen molar-refractivity contribution < 1.29 is 32.2 Å². The molecule has 7 nitrogen and oxygen atoms in total. The zero-order chi connectivity index (χ0) is 24.2. The molecule has 0 spiro atoms. The highest BCUT2D eigenvalue weighted by molar-refractivity contribution is 14.1. The van der Waals surface area contributed by atoms with Gasteiger partial charge in [0.25, 0.3) is 0 Å². The Bertz CT molecular complexity index is 987. The van der Waals surface area contributed by atoms with Gasteiger partial charge in [-0.2, -0.15) is 13.2 Å². The van der Waals surface area contributed by atoms with Crippen LogP contribution in [0.1, 0.15) is 26.7 Å². The number of piperidine rings is 1. The number of carbonyl (C=O) groups excluding carboxylic acids is 2. The van der Waals surface area contributed by atoms with Gasteiger partial charge < -0.3 is 19.4 Å². The van der Waals surface area contributed by atoms with Crippen molar-refractivity contribution >= 4 is 51.1 Å². The van der Waals surface area contributed by atoms with Crippen molar-refractivity contribution in [3.8, 4) is 0 Å². The lowest BCUT2D eigenvalue weighted by molar-refractivity contribution is -0.157. The van der Waals surface area contributed by atoms with E-state index in [4.69, 9.17) is 9.47 Å². The molecule has 3 rings (SSSR count). The fourth-order valence-electron chi connectivity index (χ4n) is 4.05. The van der Waals surface area contributed by atoms with Gasteiger partial charge in [0.05, 0.1) is 9.22 Å². The molecule has 1 N–H and O–H groups in total. The third-order valence-electron chi connectivity index (χ3n) is 5.45. The van der Waals surface area contributed by atoms with E-state index in [9.17, 15) is 22.8 Å². The van der Waals surface area contributed by atoms with E-state index in [0.717, 1.165) is 37.0 Å². The first-order chi connectivity index (χ1) is 15.5. The summed E-state index contributed by atoms with van der Waals surface area (Å²) >= 11 is 1.93. The number of halogens is 4. The second-order valence-electron chi connectivity index (χ2n) is 8.16. The summed E-state index contributed by atoms with van der Waals surface area (Å²) in [5.41, 5.74) is 1.37. The fraction of sp³-hybridized carbons (Fsp3) is 0.545. The third-order valence-corrected chi connectivity index (χ3v) is 6.34. The van der Waals surface area contributed by atoms with Gasteiger partial charge in [0.15, 0.2) is 0 Å². The first-order valence-corrected chi connectivity index (χ1v) is 11.7. The minimum absolute atomic E-state index is 0.0165. The Morgan fingerprint density at radius 2 is 1.91 bits per heavy atom. The summed E-state index contributed by atoms with van der Waals surface area (Å²) in [6.45, 7) is 3.58. The zero-order valence-electron chi connectivity index (χ0n) is 18.5. The van der Waals surface area contributed by atoms with Crippen LogP contribution in [0.3, 0.4) is 0 Å². The van der Waals surface area contributed by atoms with Gasteiger partial charge in [-0.05, 0) is 53.6 Å². The number of benzene rings is 1. The summed E-state index contributed by atoms with van der Waals surface area (Å²) in [6.07, 6.45) is -3.18. The Morgan fingerprint density at radius 1 is 1.21 bits per heavy atom. The van der Waals surface area contributed by atoms with Crippen molar-refractivity contribution in [3.63, 3.8) is 0 Å². The number of nitrogens with zero attached hydrogens (tertiary/aromatic N) is 2. The molecule has 182 valence electrons. The van der Waals surface area contributed by atoms with Crippen LogP contribution in [-0.2, 0) is 25.6 Å². The quantitative estimate of drug-likeness (QED) is 0.373. The van der Waals surface area contributed by atoms with Crippen molar-refractivity contribution in [1.29, 1.82) is 0 Å². The van der Waals surface area contributed by atoms with Gasteiger partial charge in [0.1, 0.15) is 19.3 Å². The number of nitrogens with one attached hydrogen (secondary N) is 1. The molecule has 1 unspecified atom stereocenters. The van der Waals surface area contributed by atoms with E-state index in [2.05, 4.69) is 10.2 Å². The van der Waals surface area contributed by atoms with Gasteiger partial charge in [-0.3, -0.25) is 14.5 Å². The molecule has 0 amide bonds. The van der Waals surface area contributed by atoms with Crippen LogP contribution in [0.25, 0.3) is 10.9 Å². The molecule has 1 aliphatic rings. The number of likely N-dealkylation sites (tertiary alicyclic amines) is 1. The Labute approximate surface area is 203 Å². The number of rotatable bonds is 8. The Morgan fingerprint density at radius 3 is 2.52 bits per heavy atom. The van der Waals surface area contributed by atoms with E-state index < -0.39 is 30.8 Å². The number of aromatic nitrogens is 1. The minimum Gasteiger partial charge on any atom is -0.462 e. The van der Waals surface area contributed by atoms with Gasteiger partial charge in [-0.1, -0.05) is 6.07 Å². The Kier molecular flexibility index (Phi) is 8.48. The van der Waals surface area contributed by atoms with E-state index in [1.165, 1.54) is 18.4 Å². The van der Waals surface area contributed by atoms with Gasteiger partial charge in [-0.15, -0.1) is 0 Å². The summed E-state index contributed by atoms with van der Waals surface area (Å²) in [4.78, 5) is 24.6. The van der Waals surface area contributed by atoms with Crippen molar-refractivity contribution in [1.82, 2.24) is 9.47 Å². The third kappa shape index (κ3) is 7.49. The van der Waals surface area contributed by atoms with Crippen LogP contribution in [0.5, 0.6) is 0 Å². The standard InChI is InChI=1S/C22H27F3IN3O4/c1-14(30)32-12-17(33-15(2)31)11-28-8-6-16(7-9-28)27-19-4-3-5-20-18(19)10-21(26)29(20)13-22(23,24)25/h3-5,10,16-17,27H,6-9,11-13H2,1-2H3. The highest BCUT2D eigenvalue weighted by atomic mass is 127. The van der Waals surface area contributed by atoms with Crippen molar-refractivity contribution in [3.05, 3.63) is 28.0 Å². The smallest absolute Gasteiger partial charge is 0.406 e. The van der Waals surface area contributed by atoms with E-state index in [1.54, 1.807) is 18.2 Å². The summed E-state index contributed by atoms with van der Waals surface area (Å²) in [6, 6.07) is 7.30. The number of fused-ring (bicyclic) bond motifs is 1. The average molecular weight is 581 g/mol. The maximum atomic E-state index is 13.0. The maximum Gasteiger partial charge on any atom is 0.406 e. The lowest BCUT2D eigenvalue weighted by Crippen LogP contribution is -2.44. The molecule has 11 heteroatoms. The van der Waals surface area contributed by atoms with Crippen molar-refractivity contribution in [2.75, 3.05) is 31.6 Å². The van der Waals surface area contributed by atoms with Crippen LogP contribution in [0.4, 0.5) is 18.9 Å². The Balaban J connectivity index is 1.61. The number of anilines is 1. The predicted molar refractivity (Wildman–Crippen MR) is 126 cm³/mol. The molecule has 1 fully saturated rings. The van der Waals surface area contributed by atoms with Gasteiger partial charge in [-0.25, -0.2) is 0 Å². The summed E-state index contributed by atoms with van der Waals surface area (Å²) in [5, 5.41) is 4.26. The normalized spacial score (nSPS) is 16.5. The first kappa shape index (κ1) is 25.6. The molecule has 33 heavy (non-hydrogen) atoms. The van der Waals surface area contributed by atoms with E-state index in [-0.39, 0.29) is 12.6 Å². The first-order valence-electron chi connectivity index (χ1n) is 10.7. The largest absolute Gasteiger partial charge is 0.462 e. The fourth-order valence-corrected chi connectivity index (χ4v) is 4.80. The lowest BCUT2D eigenvalue weighted by Gasteiger charge is -2.34. The van der Waals surface area contributed by atoms with Crippen LogP contribution < -0.4 is 5.32 Å². The minimum atomic E-state index is -4.29. The number of alkyl halides is 3. The number of carbonyl (C=O) groups is 2. The van der Waals surface area contributed by atoms with Crippen LogP contribution in [-0.4, -0.2) is 66.0 Å². The molecule has 1 aromatic carbocycles. The molecule has 1 aliphatic heterocycles. The van der Waals surface area contributed by atoms with Crippen LogP contribution in [0.15, 0.2) is 24.3 Å². The Hall–Kier alpha value is -2.02. The predicted octanol–water partition coefficient (Wildman–Crippen LogP) is 4.18. The van der Waals surface area contributed by atoms with Crippen molar-refractivity contribution in [2.24, 2.45) is 0 Å². The van der Waals surface area contributed by atoms with Gasteiger partial charge in [0.2, 0.25) is 0 Å². The maximum absolute atomic E-state index is 13.0. The molecule has 0 aliphatic carbocycles. The number of hydrogen-bond acceptors (Lipinski definition) is 6. The van der Waals surface area contributed by atoms with E-state index in [0.29, 0.717) is 15.8 Å². The summed E-state index contributed by atoms with van der Waals surface area (Å²) < 4.78 is 51.0. The topological polar surface area (TPSA) is 72.8 Å². The summed E-state index contributed by atoms with van der Waals surface area (Å²) in [5.74, 6) is -0.855. The number of hydrogen-bond donors (Lipinski definition) is 1. The average Bonchev–Trinajstić information content (AvgIpc) is 3.02. The van der Waals surface area contributed by atoms with Gasteiger partial charge in [0, 0.05) is 50.6 Å². The highest BCUT2D eigenvalue weighted by Gasteiger charge is 2.30. The molecule has 2 heterocycles. The van der Waals surface area contributed by atoms with E-state index in [1.807, 2.05) is 28.7 Å². The molecule has 2 aromatic rings. The second-order valence-corrected chi connectivity index (χ2v) is 9.27. The van der Waals surface area contributed by atoms with Crippen molar-refractivity contribution in [2.45, 2.75) is 51.6 Å². The molecular formula is C22H27F3IN3O4. The second kappa shape index (κ2) is 10.9. The molecule has 1 atom stereocenters. The van der Waals surface area contributed by atoms with E-state index >= 15 is 0 Å². The highest BCUT2D eigenvalue weighted by Crippen LogP contribution is 2.32. The van der Waals surface area contributed by atoms with Crippen LogP contribution >= 0.6 is 22.6 Å². The monoisotopic (exact) mass is 581 g/mol. The SMILES string of the molecule is CC(=O)OCC(CN1CCC(Nc2cccc3c2cc(I)n3CC(F)(F)F)CC1)OC(C)=O. The molecule has 1 aromatic heterocycles. The van der Waals surface area contributed by atoms with Crippen LogP contribution in [0.2, 0.25) is 0 Å². The molecule has 1 saturated heterocycles. The van der Waals surface area contributed by atoms with Gasteiger partial charge >= 0.3 is 18.1 Å². The lowest BCUT2D eigenvalue weighted by atomic mass is 10.0. The molecule has 0 radical (unpaired) electrons. The molecule has 0 saturated carbocycles. The summed E-state index contributed by atoms with van der Waals surface area (Å²) in [7, 11) is 0. The number of ether oxygens (including phenoxy) is 2. The molecule has 0 bridgehead atoms. The zero-order valence-corrected chi connectivity index (χ0v) is 20.6. The number of esters is 2. The molecular weight excluding hydrogens is 554 g/mol. The van der Waals surface area contributed by atoms with Crippen LogP contribution in [0, 0.1) is 3.70 Å².